The van der Waals surface area contributed by atoms with Gasteiger partial charge in [-0.15, -0.1) is 0 Å². The summed E-state index contributed by atoms with van der Waals surface area (Å²) in [4.78, 5) is 12.0. The van der Waals surface area contributed by atoms with Crippen LogP contribution in [0, 0.1) is 0 Å². The first-order chi connectivity index (χ1) is 7.77. The molecule has 1 heterocycles. The third-order valence-electron chi connectivity index (χ3n) is 2.74. The van der Waals surface area contributed by atoms with Crippen molar-refractivity contribution in [1.82, 2.24) is 0 Å². The minimum atomic E-state index is -0.0592. The van der Waals surface area contributed by atoms with Crippen molar-refractivity contribution in [2.24, 2.45) is 0 Å². The zero-order valence-corrected chi connectivity index (χ0v) is 9.22. The smallest absolute Gasteiger partial charge is 0.144 e. The Morgan fingerprint density at radius 2 is 2.00 bits per heavy atom. The van der Waals surface area contributed by atoms with Gasteiger partial charge in [0.2, 0.25) is 0 Å². The van der Waals surface area contributed by atoms with E-state index in [4.69, 9.17) is 4.42 Å². The molecule has 82 valence electrons. The van der Waals surface area contributed by atoms with Crippen molar-refractivity contribution in [3.8, 4) is 0 Å². The van der Waals surface area contributed by atoms with Gasteiger partial charge in [0.25, 0.3) is 0 Å². The van der Waals surface area contributed by atoms with Crippen molar-refractivity contribution in [2.45, 2.75) is 19.3 Å². The Bertz CT molecular complexity index is 443. The summed E-state index contributed by atoms with van der Waals surface area (Å²) < 4.78 is 4.95. The minimum absolute atomic E-state index is 0.0592. The molecule has 0 fully saturated rings. The monoisotopic (exact) mass is 214 g/mol. The molecule has 0 spiro atoms. The summed E-state index contributed by atoms with van der Waals surface area (Å²) in [5.74, 6) is 0.156. The molecular formula is C14H14O2. The topological polar surface area (TPSA) is 30.2 Å². The van der Waals surface area contributed by atoms with Gasteiger partial charge in [0.05, 0.1) is 12.5 Å². The number of furan rings is 1. The van der Waals surface area contributed by atoms with E-state index in [1.54, 1.807) is 12.5 Å². The van der Waals surface area contributed by atoms with Crippen LogP contribution in [0.25, 0.3) is 0 Å². The predicted molar refractivity (Wildman–Crippen MR) is 62.3 cm³/mol. The third-order valence-corrected chi connectivity index (χ3v) is 2.74. The molecule has 0 amide bonds. The number of hydrogen-bond acceptors (Lipinski definition) is 2. The molecule has 0 aliphatic carbocycles. The number of carbonyl (C=O) groups excluding carboxylic acids is 1. The highest BCUT2D eigenvalue weighted by Crippen LogP contribution is 2.17. The molecule has 2 heteroatoms. The van der Waals surface area contributed by atoms with E-state index in [-0.39, 0.29) is 11.7 Å². The Morgan fingerprint density at radius 3 is 2.62 bits per heavy atom. The van der Waals surface area contributed by atoms with Gasteiger partial charge in [0, 0.05) is 12.3 Å². The summed E-state index contributed by atoms with van der Waals surface area (Å²) in [6, 6.07) is 11.7. The molecule has 0 aliphatic heterocycles. The van der Waals surface area contributed by atoms with E-state index in [1.807, 2.05) is 43.3 Å². The van der Waals surface area contributed by atoms with Crippen molar-refractivity contribution in [2.75, 3.05) is 0 Å². The molecule has 1 aromatic carbocycles. The van der Waals surface area contributed by atoms with Gasteiger partial charge in [-0.05, 0) is 17.2 Å². The van der Waals surface area contributed by atoms with E-state index in [0.717, 1.165) is 11.1 Å². The number of rotatable bonds is 4. The average molecular weight is 214 g/mol. The Kier molecular flexibility index (Phi) is 3.20. The van der Waals surface area contributed by atoms with Crippen LogP contribution in [0.2, 0.25) is 0 Å². The SMILES string of the molecule is CC(C(=O)Cc1ccoc1)c1ccccc1. The van der Waals surface area contributed by atoms with Crippen LogP contribution in [0.5, 0.6) is 0 Å². The molecule has 16 heavy (non-hydrogen) atoms. The first-order valence-corrected chi connectivity index (χ1v) is 5.36. The molecule has 0 N–H and O–H groups in total. The fourth-order valence-corrected chi connectivity index (χ4v) is 1.68. The Morgan fingerprint density at radius 1 is 1.25 bits per heavy atom. The Labute approximate surface area is 94.9 Å². The molecule has 0 saturated carbocycles. The fourth-order valence-electron chi connectivity index (χ4n) is 1.68. The van der Waals surface area contributed by atoms with Crippen molar-refractivity contribution >= 4 is 5.78 Å². The summed E-state index contributed by atoms with van der Waals surface area (Å²) >= 11 is 0. The lowest BCUT2D eigenvalue weighted by Gasteiger charge is -2.09. The van der Waals surface area contributed by atoms with Gasteiger partial charge >= 0.3 is 0 Å². The lowest BCUT2D eigenvalue weighted by molar-refractivity contribution is -0.119. The summed E-state index contributed by atoms with van der Waals surface area (Å²) in [6.07, 6.45) is 3.65. The van der Waals surface area contributed by atoms with Crippen LogP contribution >= 0.6 is 0 Å². The molecule has 0 radical (unpaired) electrons. The molecule has 0 bridgehead atoms. The van der Waals surface area contributed by atoms with Crippen molar-refractivity contribution in [1.29, 1.82) is 0 Å². The Hall–Kier alpha value is -1.83. The van der Waals surface area contributed by atoms with E-state index < -0.39 is 0 Å². The number of carbonyl (C=O) groups is 1. The van der Waals surface area contributed by atoms with Crippen LogP contribution in [0.15, 0.2) is 53.3 Å². The molecule has 2 rings (SSSR count). The number of benzene rings is 1. The van der Waals surface area contributed by atoms with E-state index in [2.05, 4.69) is 0 Å². The Balaban J connectivity index is 2.05. The molecule has 0 saturated heterocycles. The van der Waals surface area contributed by atoms with Crippen molar-refractivity contribution in [3.63, 3.8) is 0 Å². The van der Waals surface area contributed by atoms with Crippen LogP contribution in [-0.4, -0.2) is 5.78 Å². The van der Waals surface area contributed by atoms with Gasteiger partial charge in [-0.1, -0.05) is 37.3 Å². The molecule has 1 unspecified atom stereocenters. The highest BCUT2D eigenvalue weighted by atomic mass is 16.3. The largest absolute Gasteiger partial charge is 0.472 e. The van der Waals surface area contributed by atoms with Gasteiger partial charge in [0.1, 0.15) is 5.78 Å². The summed E-state index contributed by atoms with van der Waals surface area (Å²) in [5.41, 5.74) is 2.00. The predicted octanol–water partition coefficient (Wildman–Crippen LogP) is 3.19. The van der Waals surface area contributed by atoms with E-state index in [9.17, 15) is 4.79 Å². The maximum Gasteiger partial charge on any atom is 0.144 e. The number of ketones is 1. The van der Waals surface area contributed by atoms with Crippen LogP contribution in [0.3, 0.4) is 0 Å². The van der Waals surface area contributed by atoms with Gasteiger partial charge in [-0.25, -0.2) is 0 Å². The molecule has 0 aliphatic rings. The van der Waals surface area contributed by atoms with Gasteiger partial charge in [0.15, 0.2) is 0 Å². The average Bonchev–Trinajstić information content (AvgIpc) is 2.82. The maximum atomic E-state index is 12.0. The van der Waals surface area contributed by atoms with E-state index >= 15 is 0 Å². The fraction of sp³-hybridized carbons (Fsp3) is 0.214. The number of Topliss-reactive ketones (excluding diaryl/α,β-unsaturated/α-hetero) is 1. The molecule has 1 aromatic heterocycles. The first-order valence-electron chi connectivity index (χ1n) is 5.36. The standard InChI is InChI=1S/C14H14O2/c1-11(13-5-3-2-4-6-13)14(15)9-12-7-8-16-10-12/h2-8,10-11H,9H2,1H3. The molecule has 1 atom stereocenters. The lowest BCUT2D eigenvalue weighted by Crippen LogP contribution is -2.11. The van der Waals surface area contributed by atoms with Crippen molar-refractivity contribution < 1.29 is 9.21 Å². The summed E-state index contributed by atoms with van der Waals surface area (Å²) in [6.45, 7) is 1.94. The zero-order chi connectivity index (χ0) is 11.4. The second-order valence-corrected chi connectivity index (χ2v) is 3.91. The van der Waals surface area contributed by atoms with E-state index in [1.165, 1.54) is 0 Å². The normalized spacial score (nSPS) is 12.3. The first kappa shape index (κ1) is 10.7. The number of hydrogen-bond donors (Lipinski definition) is 0. The molecular weight excluding hydrogens is 200 g/mol. The highest BCUT2D eigenvalue weighted by Gasteiger charge is 2.15. The van der Waals surface area contributed by atoms with Gasteiger partial charge in [-0.2, -0.15) is 0 Å². The van der Waals surface area contributed by atoms with Crippen LogP contribution in [-0.2, 0) is 11.2 Å². The van der Waals surface area contributed by atoms with Crippen molar-refractivity contribution in [3.05, 3.63) is 60.1 Å². The zero-order valence-electron chi connectivity index (χ0n) is 9.22. The maximum absolute atomic E-state index is 12.0. The molecule has 2 nitrogen and oxygen atoms in total. The summed E-state index contributed by atoms with van der Waals surface area (Å²) in [7, 11) is 0. The molecule has 2 aromatic rings. The van der Waals surface area contributed by atoms with Crippen LogP contribution in [0.4, 0.5) is 0 Å². The van der Waals surface area contributed by atoms with Crippen LogP contribution < -0.4 is 0 Å². The van der Waals surface area contributed by atoms with Gasteiger partial charge in [-0.3, -0.25) is 4.79 Å². The second-order valence-electron chi connectivity index (χ2n) is 3.91. The van der Waals surface area contributed by atoms with Crippen LogP contribution in [0.1, 0.15) is 24.0 Å². The lowest BCUT2D eigenvalue weighted by atomic mass is 9.93. The summed E-state index contributed by atoms with van der Waals surface area (Å²) in [5, 5.41) is 0. The second kappa shape index (κ2) is 4.79. The third kappa shape index (κ3) is 2.40. The van der Waals surface area contributed by atoms with E-state index in [0.29, 0.717) is 6.42 Å². The highest BCUT2D eigenvalue weighted by molar-refractivity contribution is 5.87. The van der Waals surface area contributed by atoms with Gasteiger partial charge < -0.3 is 4.42 Å². The quantitative estimate of drug-likeness (QED) is 0.782. The minimum Gasteiger partial charge on any atom is -0.472 e.